The average Bonchev–Trinajstić information content (AvgIpc) is 3.43. The van der Waals surface area contributed by atoms with E-state index in [1.165, 1.54) is 37.4 Å². The molecule has 0 spiro atoms. The number of allylic oxidation sites excluding steroid dienone is 1. The maximum absolute atomic E-state index is 13.5. The standard InChI is InChI=1S/C19H16BrFN4O2.C4H8O.C2H6/c1-11-7-12(4-5-14(11)21)24-19-13-8-16(25-18(27)3-2-6-20)17(26)9-15(13)22-10-23-19;1-2-4-5-3-1;1-2/h2-5,7-10,26H,6H2,1H3,(H,25,27)(H,22,23,24);1-4H2;1-2H3/b3-2+;;. The number of hydrogen-bond acceptors (Lipinski definition) is 6. The SMILES string of the molecule is C1CCOC1.CC.Cc1cc(Nc2ncnc3cc(O)c(NC(=O)/C=C/CBr)cc23)ccc1F. The van der Waals surface area contributed by atoms with Crippen LogP contribution in [0.4, 0.5) is 21.6 Å². The van der Waals surface area contributed by atoms with E-state index in [2.05, 4.69) is 36.5 Å². The minimum Gasteiger partial charge on any atom is -0.506 e. The average molecular weight is 533 g/mol. The summed E-state index contributed by atoms with van der Waals surface area (Å²) in [6, 6.07) is 7.67. The minimum absolute atomic E-state index is 0.106. The molecular weight excluding hydrogens is 503 g/mol. The third kappa shape index (κ3) is 8.07. The molecule has 7 nitrogen and oxygen atoms in total. The highest BCUT2D eigenvalue weighted by Crippen LogP contribution is 2.32. The van der Waals surface area contributed by atoms with Crippen molar-refractivity contribution in [2.24, 2.45) is 0 Å². The van der Waals surface area contributed by atoms with Crippen LogP contribution in [0, 0.1) is 12.7 Å². The number of phenols is 1. The first-order valence-corrected chi connectivity index (χ1v) is 12.2. The molecule has 3 aromatic rings. The Bertz CT molecular complexity index is 1110. The highest BCUT2D eigenvalue weighted by atomic mass is 79.9. The van der Waals surface area contributed by atoms with E-state index in [1.807, 2.05) is 13.8 Å². The molecule has 3 N–H and O–H groups in total. The van der Waals surface area contributed by atoms with Gasteiger partial charge in [0.05, 0.1) is 11.2 Å². The van der Waals surface area contributed by atoms with Crippen molar-refractivity contribution in [3.8, 4) is 5.75 Å². The van der Waals surface area contributed by atoms with Crippen LogP contribution in [-0.4, -0.2) is 39.5 Å². The molecule has 0 bridgehead atoms. The Balaban J connectivity index is 0.000000507. The second kappa shape index (κ2) is 14.3. The maximum Gasteiger partial charge on any atom is 0.248 e. The Kier molecular flexibility index (Phi) is 11.4. The lowest BCUT2D eigenvalue weighted by molar-refractivity contribution is -0.111. The molecular formula is C25H30BrFN4O3. The van der Waals surface area contributed by atoms with E-state index in [9.17, 15) is 14.3 Å². The molecule has 1 amide bonds. The normalized spacial score (nSPS) is 12.5. The molecule has 0 unspecified atom stereocenters. The summed E-state index contributed by atoms with van der Waals surface area (Å²) in [6.45, 7) is 7.67. The van der Waals surface area contributed by atoms with Gasteiger partial charge < -0.3 is 20.5 Å². The van der Waals surface area contributed by atoms with Gasteiger partial charge in [-0.05, 0) is 49.6 Å². The number of alkyl halides is 1. The van der Waals surface area contributed by atoms with Crippen LogP contribution in [0.5, 0.6) is 5.75 Å². The van der Waals surface area contributed by atoms with E-state index in [1.54, 1.807) is 31.2 Å². The Morgan fingerprint density at radius 2 is 1.94 bits per heavy atom. The first-order chi connectivity index (χ1) is 16.5. The molecule has 1 aromatic heterocycles. The lowest BCUT2D eigenvalue weighted by atomic mass is 10.1. The Morgan fingerprint density at radius 1 is 1.21 bits per heavy atom. The van der Waals surface area contributed by atoms with Gasteiger partial charge in [0.1, 0.15) is 23.7 Å². The predicted octanol–water partition coefficient (Wildman–Crippen LogP) is 6.24. The Hall–Kier alpha value is -3.04. The number of aromatic nitrogens is 2. The van der Waals surface area contributed by atoms with Crippen LogP contribution in [0.25, 0.3) is 10.9 Å². The first-order valence-electron chi connectivity index (χ1n) is 11.1. The lowest BCUT2D eigenvalue weighted by Gasteiger charge is -2.12. The molecule has 182 valence electrons. The van der Waals surface area contributed by atoms with Crippen molar-refractivity contribution in [2.45, 2.75) is 33.6 Å². The van der Waals surface area contributed by atoms with Gasteiger partial charge in [-0.2, -0.15) is 0 Å². The van der Waals surface area contributed by atoms with Crippen molar-refractivity contribution in [3.63, 3.8) is 0 Å². The monoisotopic (exact) mass is 532 g/mol. The molecule has 1 aliphatic rings. The zero-order valence-electron chi connectivity index (χ0n) is 19.6. The number of phenolic OH excluding ortho intramolecular Hbond substituents is 1. The quantitative estimate of drug-likeness (QED) is 0.204. The third-order valence-corrected chi connectivity index (χ3v) is 4.99. The summed E-state index contributed by atoms with van der Waals surface area (Å²) in [5, 5.41) is 17.0. The lowest BCUT2D eigenvalue weighted by Crippen LogP contribution is -2.08. The highest BCUT2D eigenvalue weighted by molar-refractivity contribution is 9.09. The smallest absolute Gasteiger partial charge is 0.248 e. The summed E-state index contributed by atoms with van der Waals surface area (Å²) in [4.78, 5) is 20.3. The zero-order chi connectivity index (χ0) is 24.9. The molecule has 0 saturated carbocycles. The van der Waals surface area contributed by atoms with E-state index < -0.39 is 0 Å². The number of aryl methyl sites for hydroxylation is 1. The van der Waals surface area contributed by atoms with Crippen molar-refractivity contribution in [1.82, 2.24) is 9.97 Å². The van der Waals surface area contributed by atoms with Crippen molar-refractivity contribution in [2.75, 3.05) is 29.2 Å². The number of rotatable bonds is 5. The van der Waals surface area contributed by atoms with Crippen LogP contribution in [0.2, 0.25) is 0 Å². The van der Waals surface area contributed by atoms with Crippen LogP contribution < -0.4 is 10.6 Å². The number of carbonyl (C=O) groups is 1. The molecule has 0 atom stereocenters. The molecule has 0 radical (unpaired) electrons. The van der Waals surface area contributed by atoms with Gasteiger partial charge in [0.2, 0.25) is 5.91 Å². The topological polar surface area (TPSA) is 96.4 Å². The van der Waals surface area contributed by atoms with Gasteiger partial charge in [-0.25, -0.2) is 14.4 Å². The van der Waals surface area contributed by atoms with E-state index >= 15 is 0 Å². The van der Waals surface area contributed by atoms with Gasteiger partial charge in [-0.1, -0.05) is 35.9 Å². The van der Waals surface area contributed by atoms with Gasteiger partial charge in [0.25, 0.3) is 0 Å². The highest BCUT2D eigenvalue weighted by Gasteiger charge is 2.11. The van der Waals surface area contributed by atoms with Crippen molar-refractivity contribution < 1.29 is 19.0 Å². The number of nitrogens with one attached hydrogen (secondary N) is 2. The fourth-order valence-electron chi connectivity index (χ4n) is 2.99. The molecule has 2 aromatic carbocycles. The molecule has 1 saturated heterocycles. The number of ether oxygens (including phenoxy) is 1. The first kappa shape index (κ1) is 27.2. The fourth-order valence-corrected chi connectivity index (χ4v) is 3.17. The van der Waals surface area contributed by atoms with E-state index in [0.717, 1.165) is 13.2 Å². The second-order valence-electron chi connectivity index (χ2n) is 7.06. The second-order valence-corrected chi connectivity index (χ2v) is 7.71. The number of anilines is 3. The van der Waals surface area contributed by atoms with Gasteiger partial charge >= 0.3 is 0 Å². The molecule has 9 heteroatoms. The van der Waals surface area contributed by atoms with E-state index in [-0.39, 0.29) is 23.2 Å². The summed E-state index contributed by atoms with van der Waals surface area (Å²) in [6.07, 6.45) is 6.91. The largest absolute Gasteiger partial charge is 0.506 e. The Morgan fingerprint density at radius 3 is 2.56 bits per heavy atom. The van der Waals surface area contributed by atoms with Crippen LogP contribution in [0.15, 0.2) is 48.8 Å². The number of halogens is 2. The molecule has 34 heavy (non-hydrogen) atoms. The van der Waals surface area contributed by atoms with E-state index in [4.69, 9.17) is 4.74 Å². The van der Waals surface area contributed by atoms with Gasteiger partial charge in [-0.3, -0.25) is 4.79 Å². The molecule has 2 heterocycles. The Labute approximate surface area is 207 Å². The van der Waals surface area contributed by atoms with Crippen molar-refractivity contribution in [1.29, 1.82) is 0 Å². The van der Waals surface area contributed by atoms with Crippen LogP contribution >= 0.6 is 15.9 Å². The van der Waals surface area contributed by atoms with Gasteiger partial charge in [0, 0.05) is 41.8 Å². The number of fused-ring (bicyclic) bond motifs is 1. The summed E-state index contributed by atoms with van der Waals surface area (Å²) < 4.78 is 18.4. The van der Waals surface area contributed by atoms with Crippen LogP contribution in [-0.2, 0) is 9.53 Å². The summed E-state index contributed by atoms with van der Waals surface area (Å²) in [5.74, 6) is -0.299. The van der Waals surface area contributed by atoms with Crippen molar-refractivity contribution >= 4 is 49.9 Å². The zero-order valence-corrected chi connectivity index (χ0v) is 21.2. The molecule has 0 aliphatic carbocycles. The maximum atomic E-state index is 13.5. The number of carbonyl (C=O) groups excluding carboxylic acids is 1. The molecule has 4 rings (SSSR count). The summed E-state index contributed by atoms with van der Waals surface area (Å²) in [7, 11) is 0. The predicted molar refractivity (Wildman–Crippen MR) is 139 cm³/mol. The number of hydrogen-bond donors (Lipinski definition) is 3. The van der Waals surface area contributed by atoms with Crippen LogP contribution in [0.3, 0.4) is 0 Å². The number of nitrogens with zero attached hydrogens (tertiary/aromatic N) is 2. The fraction of sp³-hybridized carbons (Fsp3) is 0.320. The van der Waals surface area contributed by atoms with E-state index in [0.29, 0.717) is 33.3 Å². The number of aromatic hydroxyl groups is 1. The summed E-state index contributed by atoms with van der Waals surface area (Å²) >= 11 is 3.20. The van der Waals surface area contributed by atoms with Crippen LogP contribution in [0.1, 0.15) is 32.3 Å². The van der Waals surface area contributed by atoms with Gasteiger partial charge in [0.15, 0.2) is 0 Å². The molecule has 1 fully saturated rings. The van der Waals surface area contributed by atoms with Gasteiger partial charge in [-0.15, -0.1) is 0 Å². The number of amides is 1. The van der Waals surface area contributed by atoms with Crippen molar-refractivity contribution in [3.05, 3.63) is 60.2 Å². The summed E-state index contributed by atoms with van der Waals surface area (Å²) in [5.41, 5.74) is 1.90. The minimum atomic E-state index is -0.371. The third-order valence-electron chi connectivity index (χ3n) is 4.62. The number of benzene rings is 2. The molecule has 1 aliphatic heterocycles.